The average Bonchev–Trinajstić information content (AvgIpc) is 3.34. The second kappa shape index (κ2) is 8.44. The number of benzene rings is 1. The van der Waals surface area contributed by atoms with Crippen molar-refractivity contribution >= 4 is 17.2 Å². The lowest BCUT2D eigenvalue weighted by molar-refractivity contribution is -0.132. The molecule has 0 radical (unpaired) electrons. The molecular weight excluding hydrogens is 398 g/mol. The van der Waals surface area contributed by atoms with Gasteiger partial charge in [-0.2, -0.15) is 0 Å². The molecule has 156 valence electrons. The highest BCUT2D eigenvalue weighted by atomic mass is 32.1. The first-order chi connectivity index (χ1) is 14.5. The predicted octanol–water partition coefficient (Wildman–Crippen LogP) is 4.64. The molecule has 0 bridgehead atoms. The van der Waals surface area contributed by atoms with Crippen LogP contribution in [-0.2, 0) is 11.3 Å². The van der Waals surface area contributed by atoms with Gasteiger partial charge in [-0.1, -0.05) is 36.8 Å². The summed E-state index contributed by atoms with van der Waals surface area (Å²) in [6.07, 6.45) is 2.34. The number of methoxy groups -OCH3 is 2. The van der Waals surface area contributed by atoms with Crippen LogP contribution in [0.1, 0.15) is 36.2 Å². The third-order valence-corrected chi connectivity index (χ3v) is 6.44. The number of nitrogens with zero attached hydrogens (tertiary/aromatic N) is 3. The maximum absolute atomic E-state index is 13.0. The molecule has 0 saturated carbocycles. The van der Waals surface area contributed by atoms with Crippen LogP contribution in [-0.4, -0.2) is 35.0 Å². The van der Waals surface area contributed by atoms with Crippen molar-refractivity contribution in [1.29, 1.82) is 0 Å². The molecule has 2 aromatic heterocycles. The second-order valence-corrected chi connectivity index (χ2v) is 8.42. The first-order valence-corrected chi connectivity index (χ1v) is 10.8. The van der Waals surface area contributed by atoms with Gasteiger partial charge in [0.25, 0.3) is 0 Å². The van der Waals surface area contributed by atoms with Gasteiger partial charge in [0.05, 0.1) is 38.1 Å². The number of amides is 1. The second-order valence-electron chi connectivity index (χ2n) is 7.56. The van der Waals surface area contributed by atoms with E-state index in [4.69, 9.17) is 14.5 Å². The Hall–Kier alpha value is -2.93. The third kappa shape index (κ3) is 3.77. The van der Waals surface area contributed by atoms with Gasteiger partial charge in [0.15, 0.2) is 0 Å². The number of rotatable bonds is 6. The van der Waals surface area contributed by atoms with Gasteiger partial charge in [-0.15, -0.1) is 11.3 Å². The van der Waals surface area contributed by atoms with Gasteiger partial charge in [-0.05, 0) is 19.4 Å². The number of ether oxygens (including phenoxy) is 2. The smallest absolute Gasteiger partial charge is 0.226 e. The van der Waals surface area contributed by atoms with Gasteiger partial charge in [0, 0.05) is 23.1 Å². The van der Waals surface area contributed by atoms with Gasteiger partial charge in [-0.3, -0.25) is 4.79 Å². The Morgan fingerprint density at radius 2 is 1.93 bits per heavy atom. The highest BCUT2D eigenvalue weighted by Crippen LogP contribution is 2.44. The standard InChI is InChI=1S/C23H25N3O3S/c1-14-5-7-16(8-6-14)22-25-17(13-30-22)12-26-18(11-15(2)23(26)27)20-19(28-3)9-10-24-21(20)29-4/h5-10,13,15,18H,11-12H2,1-4H3. The van der Waals surface area contributed by atoms with E-state index in [2.05, 4.69) is 36.2 Å². The van der Waals surface area contributed by atoms with E-state index in [0.717, 1.165) is 21.8 Å². The highest BCUT2D eigenvalue weighted by molar-refractivity contribution is 7.13. The fourth-order valence-corrected chi connectivity index (χ4v) is 4.75. The molecule has 0 spiro atoms. The summed E-state index contributed by atoms with van der Waals surface area (Å²) in [7, 11) is 3.21. The maximum Gasteiger partial charge on any atom is 0.226 e. The fraction of sp³-hybridized carbons (Fsp3) is 0.348. The molecule has 1 aromatic carbocycles. The number of hydrogen-bond acceptors (Lipinski definition) is 6. The van der Waals surface area contributed by atoms with E-state index >= 15 is 0 Å². The van der Waals surface area contributed by atoms with Gasteiger partial charge < -0.3 is 14.4 Å². The monoisotopic (exact) mass is 423 g/mol. The van der Waals surface area contributed by atoms with E-state index in [9.17, 15) is 4.79 Å². The van der Waals surface area contributed by atoms with E-state index in [-0.39, 0.29) is 17.9 Å². The van der Waals surface area contributed by atoms with Crippen LogP contribution >= 0.6 is 11.3 Å². The maximum atomic E-state index is 13.0. The molecule has 1 saturated heterocycles. The first-order valence-electron chi connectivity index (χ1n) is 9.90. The summed E-state index contributed by atoms with van der Waals surface area (Å²) in [6.45, 7) is 4.47. The topological polar surface area (TPSA) is 64.6 Å². The summed E-state index contributed by atoms with van der Waals surface area (Å²) in [6, 6.07) is 9.96. The van der Waals surface area contributed by atoms with E-state index in [1.807, 2.05) is 23.3 Å². The zero-order valence-corrected chi connectivity index (χ0v) is 18.4. The van der Waals surface area contributed by atoms with E-state index in [1.165, 1.54) is 5.56 Å². The van der Waals surface area contributed by atoms with Gasteiger partial charge >= 0.3 is 0 Å². The molecule has 1 aliphatic rings. The normalized spacial score (nSPS) is 18.7. The largest absolute Gasteiger partial charge is 0.496 e. The lowest BCUT2D eigenvalue weighted by Crippen LogP contribution is -2.29. The first kappa shape index (κ1) is 20.3. The molecule has 3 heterocycles. The summed E-state index contributed by atoms with van der Waals surface area (Å²) < 4.78 is 11.1. The van der Waals surface area contributed by atoms with Crippen molar-refractivity contribution in [2.45, 2.75) is 32.9 Å². The van der Waals surface area contributed by atoms with Crippen LogP contribution < -0.4 is 9.47 Å². The fourth-order valence-electron chi connectivity index (χ4n) is 3.93. The van der Waals surface area contributed by atoms with Crippen LogP contribution in [0.3, 0.4) is 0 Å². The Bertz CT molecular complexity index is 1030. The molecule has 0 N–H and O–H groups in total. The highest BCUT2D eigenvalue weighted by Gasteiger charge is 2.41. The molecule has 0 aliphatic carbocycles. The molecule has 6 nitrogen and oxygen atoms in total. The lowest BCUT2D eigenvalue weighted by atomic mass is 10.0. The summed E-state index contributed by atoms with van der Waals surface area (Å²) in [5.41, 5.74) is 4.00. The molecule has 1 aliphatic heterocycles. The number of aromatic nitrogens is 2. The number of hydrogen-bond donors (Lipinski definition) is 0. The van der Waals surface area contributed by atoms with Crippen molar-refractivity contribution in [3.63, 3.8) is 0 Å². The Morgan fingerprint density at radius 3 is 2.63 bits per heavy atom. The summed E-state index contributed by atoms with van der Waals surface area (Å²) in [5.74, 6) is 1.19. The quantitative estimate of drug-likeness (QED) is 0.578. The molecule has 1 fully saturated rings. The summed E-state index contributed by atoms with van der Waals surface area (Å²) >= 11 is 1.60. The lowest BCUT2D eigenvalue weighted by Gasteiger charge is -2.26. The van der Waals surface area contributed by atoms with Crippen molar-refractivity contribution in [3.8, 4) is 22.2 Å². The molecule has 30 heavy (non-hydrogen) atoms. The van der Waals surface area contributed by atoms with Crippen LogP contribution in [0, 0.1) is 12.8 Å². The Morgan fingerprint density at radius 1 is 1.17 bits per heavy atom. The van der Waals surface area contributed by atoms with Crippen LogP contribution in [0.5, 0.6) is 11.6 Å². The molecule has 4 rings (SSSR count). The number of aryl methyl sites for hydroxylation is 1. The minimum Gasteiger partial charge on any atom is -0.496 e. The summed E-state index contributed by atoms with van der Waals surface area (Å²) in [4.78, 5) is 24.0. The SMILES string of the molecule is COc1ccnc(OC)c1C1CC(C)C(=O)N1Cc1csc(-c2ccc(C)cc2)n1. The molecule has 1 amide bonds. The van der Waals surface area contributed by atoms with Crippen LogP contribution in [0.2, 0.25) is 0 Å². The Kier molecular flexibility index (Phi) is 5.72. The zero-order chi connectivity index (χ0) is 21.3. The van der Waals surface area contributed by atoms with Crippen LogP contribution in [0.15, 0.2) is 41.9 Å². The van der Waals surface area contributed by atoms with E-state index in [1.54, 1.807) is 31.8 Å². The molecule has 3 aromatic rings. The molecule has 7 heteroatoms. The molecule has 2 unspecified atom stereocenters. The van der Waals surface area contributed by atoms with Gasteiger partial charge in [-0.25, -0.2) is 9.97 Å². The van der Waals surface area contributed by atoms with Gasteiger partial charge in [0.2, 0.25) is 11.8 Å². The van der Waals surface area contributed by atoms with Crippen molar-refractivity contribution in [3.05, 3.63) is 58.7 Å². The minimum absolute atomic E-state index is 0.0835. The van der Waals surface area contributed by atoms with Crippen molar-refractivity contribution < 1.29 is 14.3 Å². The van der Waals surface area contributed by atoms with Crippen LogP contribution in [0.4, 0.5) is 0 Å². The van der Waals surface area contributed by atoms with E-state index in [0.29, 0.717) is 24.6 Å². The number of pyridine rings is 1. The Labute approximate surface area is 180 Å². The van der Waals surface area contributed by atoms with Crippen molar-refractivity contribution in [2.75, 3.05) is 14.2 Å². The number of carbonyl (C=O) groups excluding carboxylic acids is 1. The van der Waals surface area contributed by atoms with Crippen LogP contribution in [0.25, 0.3) is 10.6 Å². The summed E-state index contributed by atoms with van der Waals surface area (Å²) in [5, 5.41) is 2.98. The number of likely N-dealkylation sites (tertiary alicyclic amines) is 1. The van der Waals surface area contributed by atoms with Crippen molar-refractivity contribution in [2.24, 2.45) is 5.92 Å². The molecule has 2 atom stereocenters. The molecular formula is C23H25N3O3S. The number of thiazole rings is 1. The van der Waals surface area contributed by atoms with E-state index < -0.39 is 0 Å². The Balaban J connectivity index is 1.65. The minimum atomic E-state index is -0.171. The predicted molar refractivity (Wildman–Crippen MR) is 117 cm³/mol. The number of carbonyl (C=O) groups is 1. The average molecular weight is 424 g/mol. The van der Waals surface area contributed by atoms with Crippen molar-refractivity contribution in [1.82, 2.24) is 14.9 Å². The van der Waals surface area contributed by atoms with Gasteiger partial charge in [0.1, 0.15) is 10.8 Å². The zero-order valence-electron chi connectivity index (χ0n) is 17.6. The third-order valence-electron chi connectivity index (χ3n) is 5.50.